The zero-order chi connectivity index (χ0) is 10.8. The Balaban J connectivity index is 3.08. The van der Waals surface area contributed by atoms with Gasteiger partial charge < -0.3 is 0 Å². The Hall–Kier alpha value is -1.11. The van der Waals surface area contributed by atoms with Crippen molar-refractivity contribution < 1.29 is 17.8 Å². The van der Waals surface area contributed by atoms with Crippen molar-refractivity contribution in [2.24, 2.45) is 0 Å². The lowest BCUT2D eigenvalue weighted by Crippen LogP contribution is -2.28. The van der Waals surface area contributed by atoms with Crippen molar-refractivity contribution in [3.8, 4) is 0 Å². The van der Waals surface area contributed by atoms with Crippen molar-refractivity contribution in [1.82, 2.24) is 0 Å². The maximum atomic E-state index is 10.8. The molecule has 0 amide bonds. The minimum atomic E-state index is -4.37. The third kappa shape index (κ3) is 2.44. The summed E-state index contributed by atoms with van der Waals surface area (Å²) in [6.45, 7) is 1.87. The van der Waals surface area contributed by atoms with E-state index in [2.05, 4.69) is 4.84 Å². The third-order valence-corrected chi connectivity index (χ3v) is 2.40. The van der Waals surface area contributed by atoms with E-state index in [9.17, 15) is 8.42 Å². The van der Waals surface area contributed by atoms with Crippen LogP contribution in [-0.2, 0) is 15.1 Å². The van der Waals surface area contributed by atoms with E-state index >= 15 is 0 Å². The number of anilines is 1. The maximum Gasteiger partial charge on any atom is 0.382 e. The Morgan fingerprint density at radius 2 is 1.79 bits per heavy atom. The second-order valence-electron chi connectivity index (χ2n) is 2.72. The molecule has 0 fully saturated rings. The number of aryl methyl sites for hydroxylation is 1. The third-order valence-electron chi connectivity index (χ3n) is 1.62. The van der Waals surface area contributed by atoms with Crippen LogP contribution in [0.3, 0.4) is 0 Å². The minimum Gasteiger partial charge on any atom is -0.267 e. The van der Waals surface area contributed by atoms with E-state index in [0.717, 1.165) is 12.7 Å². The molecule has 0 radical (unpaired) electrons. The maximum absolute atomic E-state index is 10.8. The van der Waals surface area contributed by atoms with Gasteiger partial charge >= 0.3 is 10.3 Å². The Labute approximate surface area is 82.8 Å². The van der Waals surface area contributed by atoms with Gasteiger partial charge in [-0.15, -0.1) is 4.47 Å². The van der Waals surface area contributed by atoms with Crippen LogP contribution >= 0.6 is 0 Å². The van der Waals surface area contributed by atoms with Crippen molar-refractivity contribution in [1.29, 1.82) is 0 Å². The Bertz CT molecular complexity index is 398. The average molecular weight is 217 g/mol. The zero-order valence-corrected chi connectivity index (χ0v) is 8.65. The molecule has 0 aliphatic rings. The van der Waals surface area contributed by atoms with E-state index in [-0.39, 0.29) is 5.69 Å². The van der Waals surface area contributed by atoms with Gasteiger partial charge in [-0.1, -0.05) is 17.7 Å². The molecule has 0 aliphatic carbocycles. The summed E-state index contributed by atoms with van der Waals surface area (Å²) in [5.41, 5.74) is 1.24. The van der Waals surface area contributed by atoms with Gasteiger partial charge in [0.05, 0.1) is 12.8 Å². The van der Waals surface area contributed by atoms with Crippen LogP contribution in [0.15, 0.2) is 24.3 Å². The van der Waals surface area contributed by atoms with E-state index in [1.165, 1.54) is 12.1 Å². The number of rotatable bonds is 3. The molecule has 0 unspecified atom stereocenters. The van der Waals surface area contributed by atoms with E-state index in [1.54, 1.807) is 12.1 Å². The highest BCUT2D eigenvalue weighted by molar-refractivity contribution is 7.87. The minimum absolute atomic E-state index is 0.251. The van der Waals surface area contributed by atoms with Crippen LogP contribution in [0.2, 0.25) is 0 Å². The number of benzene rings is 1. The molecule has 78 valence electrons. The van der Waals surface area contributed by atoms with Gasteiger partial charge in [-0.3, -0.25) is 9.39 Å². The Morgan fingerprint density at radius 1 is 1.29 bits per heavy atom. The summed E-state index contributed by atoms with van der Waals surface area (Å²) in [6, 6.07) is 6.50. The summed E-state index contributed by atoms with van der Waals surface area (Å²) in [7, 11) is -3.21. The summed E-state index contributed by atoms with van der Waals surface area (Å²) in [5.74, 6) is 0. The van der Waals surface area contributed by atoms with E-state index < -0.39 is 10.3 Å². The standard InChI is InChI=1S/C8H11NO4S/c1-7-3-5-8(6-4-7)9(13-2)14(10,11)12/h3-6H,1-2H3,(H,10,11,12). The summed E-state index contributed by atoms with van der Waals surface area (Å²) in [4.78, 5) is 4.54. The monoisotopic (exact) mass is 217 g/mol. The smallest absolute Gasteiger partial charge is 0.267 e. The molecule has 5 nitrogen and oxygen atoms in total. The molecule has 1 N–H and O–H groups in total. The van der Waals surface area contributed by atoms with Crippen molar-refractivity contribution in [3.63, 3.8) is 0 Å². The van der Waals surface area contributed by atoms with Gasteiger partial charge in [-0.25, -0.2) is 0 Å². The summed E-state index contributed by atoms with van der Waals surface area (Å²) >= 11 is 0. The molecule has 1 aromatic rings. The van der Waals surface area contributed by atoms with Crippen molar-refractivity contribution >= 4 is 16.0 Å². The lowest BCUT2D eigenvalue weighted by molar-refractivity contribution is 0.206. The lowest BCUT2D eigenvalue weighted by Gasteiger charge is -2.17. The fourth-order valence-electron chi connectivity index (χ4n) is 0.999. The second-order valence-corrected chi connectivity index (χ2v) is 3.95. The summed E-state index contributed by atoms with van der Waals surface area (Å²) in [6.07, 6.45) is 0. The summed E-state index contributed by atoms with van der Waals surface area (Å²) in [5, 5.41) is 0. The number of nitrogens with zero attached hydrogens (tertiary/aromatic N) is 1. The van der Waals surface area contributed by atoms with Gasteiger partial charge in [0, 0.05) is 0 Å². The van der Waals surface area contributed by atoms with Gasteiger partial charge in [0.15, 0.2) is 0 Å². The van der Waals surface area contributed by atoms with Gasteiger partial charge in [-0.05, 0) is 19.1 Å². The molecule has 0 atom stereocenters. The molecule has 0 heterocycles. The quantitative estimate of drug-likeness (QED) is 0.609. The molecule has 0 spiro atoms. The van der Waals surface area contributed by atoms with E-state index in [0.29, 0.717) is 4.47 Å². The molecule has 0 bridgehead atoms. The Morgan fingerprint density at radius 3 is 2.14 bits per heavy atom. The molecule has 0 aromatic heterocycles. The predicted octanol–water partition coefficient (Wildman–Crippen LogP) is 1.17. The molecule has 1 rings (SSSR count). The molecule has 0 aliphatic heterocycles. The molecular formula is C8H11NO4S. The highest BCUT2D eigenvalue weighted by Crippen LogP contribution is 2.17. The zero-order valence-electron chi connectivity index (χ0n) is 7.84. The van der Waals surface area contributed by atoms with Crippen LogP contribution in [0.5, 0.6) is 0 Å². The van der Waals surface area contributed by atoms with Crippen LogP contribution in [0, 0.1) is 6.92 Å². The Kier molecular flexibility index (Phi) is 3.10. The van der Waals surface area contributed by atoms with Crippen LogP contribution in [0.1, 0.15) is 5.56 Å². The van der Waals surface area contributed by atoms with Crippen molar-refractivity contribution in [2.45, 2.75) is 6.92 Å². The van der Waals surface area contributed by atoms with Crippen LogP contribution in [0.25, 0.3) is 0 Å². The molecular weight excluding hydrogens is 206 g/mol. The van der Waals surface area contributed by atoms with Crippen LogP contribution < -0.4 is 4.47 Å². The van der Waals surface area contributed by atoms with Gasteiger partial charge in [-0.2, -0.15) is 8.42 Å². The lowest BCUT2D eigenvalue weighted by atomic mass is 10.2. The molecule has 14 heavy (non-hydrogen) atoms. The molecule has 0 saturated carbocycles. The molecule has 1 aromatic carbocycles. The molecule has 0 saturated heterocycles. The van der Waals surface area contributed by atoms with Gasteiger partial charge in [0.25, 0.3) is 0 Å². The van der Waals surface area contributed by atoms with E-state index in [1.807, 2.05) is 6.92 Å². The SMILES string of the molecule is CON(c1ccc(C)cc1)S(=O)(=O)O. The van der Waals surface area contributed by atoms with Crippen molar-refractivity contribution in [2.75, 3.05) is 11.6 Å². The van der Waals surface area contributed by atoms with Gasteiger partial charge in [0.1, 0.15) is 0 Å². The molecule has 6 heteroatoms. The average Bonchev–Trinajstić information content (AvgIpc) is 2.07. The first-order valence-electron chi connectivity index (χ1n) is 3.83. The number of hydrogen-bond donors (Lipinski definition) is 1. The second kappa shape index (κ2) is 3.95. The van der Waals surface area contributed by atoms with Crippen LogP contribution in [-0.4, -0.2) is 20.1 Å². The first-order valence-corrected chi connectivity index (χ1v) is 5.23. The fraction of sp³-hybridized carbons (Fsp3) is 0.250. The first kappa shape index (κ1) is 11.0. The van der Waals surface area contributed by atoms with Crippen LogP contribution in [0.4, 0.5) is 5.69 Å². The highest BCUT2D eigenvalue weighted by Gasteiger charge is 2.18. The topological polar surface area (TPSA) is 66.8 Å². The fourth-order valence-corrected chi connectivity index (χ4v) is 1.58. The summed E-state index contributed by atoms with van der Waals surface area (Å²) < 4.78 is 30.8. The normalized spacial score (nSPS) is 11.4. The largest absolute Gasteiger partial charge is 0.382 e. The van der Waals surface area contributed by atoms with Crippen molar-refractivity contribution in [3.05, 3.63) is 29.8 Å². The van der Waals surface area contributed by atoms with E-state index in [4.69, 9.17) is 4.55 Å². The number of hydrogen-bond acceptors (Lipinski definition) is 3. The highest BCUT2D eigenvalue weighted by atomic mass is 32.2. The van der Waals surface area contributed by atoms with Gasteiger partial charge in [0.2, 0.25) is 0 Å². The predicted molar refractivity (Wildman–Crippen MR) is 52.2 cm³/mol. The first-order chi connectivity index (χ1) is 6.45.